The van der Waals surface area contributed by atoms with Gasteiger partial charge in [0.2, 0.25) is 0 Å². The number of nitrogens with zero attached hydrogens (tertiary/aromatic N) is 2. The van der Waals surface area contributed by atoms with Crippen molar-refractivity contribution in [3.63, 3.8) is 0 Å². The van der Waals surface area contributed by atoms with Crippen LogP contribution in [0.2, 0.25) is 0 Å². The molecular formula is C23H26N4O2S. The Bertz CT molecular complexity index is 1100. The highest BCUT2D eigenvalue weighted by molar-refractivity contribution is 7.17. The van der Waals surface area contributed by atoms with Crippen molar-refractivity contribution < 1.29 is 9.59 Å². The number of aromatic nitrogens is 2. The van der Waals surface area contributed by atoms with Gasteiger partial charge in [0.05, 0.1) is 5.56 Å². The molecule has 2 heterocycles. The molecule has 1 unspecified atom stereocenters. The van der Waals surface area contributed by atoms with Crippen LogP contribution in [0.3, 0.4) is 0 Å². The smallest absolute Gasteiger partial charge is 0.274 e. The van der Waals surface area contributed by atoms with E-state index in [-0.39, 0.29) is 11.8 Å². The number of hydrogen-bond acceptors (Lipinski definition) is 4. The molecule has 0 saturated heterocycles. The van der Waals surface area contributed by atoms with Gasteiger partial charge in [-0.25, -0.2) is 0 Å². The third-order valence-corrected chi connectivity index (χ3v) is 6.90. The van der Waals surface area contributed by atoms with Crippen molar-refractivity contribution in [2.45, 2.75) is 39.5 Å². The summed E-state index contributed by atoms with van der Waals surface area (Å²) < 4.78 is 1.53. The van der Waals surface area contributed by atoms with E-state index in [1.54, 1.807) is 19.3 Å². The van der Waals surface area contributed by atoms with Crippen LogP contribution in [-0.4, -0.2) is 21.6 Å². The summed E-state index contributed by atoms with van der Waals surface area (Å²) in [6, 6.07) is 9.41. The Morgan fingerprint density at radius 2 is 2.07 bits per heavy atom. The lowest BCUT2D eigenvalue weighted by molar-refractivity contribution is 0.101. The van der Waals surface area contributed by atoms with Gasteiger partial charge in [0.15, 0.2) is 0 Å². The van der Waals surface area contributed by atoms with Crippen LogP contribution in [0, 0.1) is 12.8 Å². The van der Waals surface area contributed by atoms with Gasteiger partial charge in [0.1, 0.15) is 10.7 Å². The van der Waals surface area contributed by atoms with E-state index in [1.807, 2.05) is 31.2 Å². The fourth-order valence-electron chi connectivity index (χ4n) is 4.01. The Hall–Kier alpha value is -2.93. The molecule has 2 aromatic heterocycles. The molecular weight excluding hydrogens is 396 g/mol. The number of carbonyl (C=O) groups excluding carboxylic acids is 2. The lowest BCUT2D eigenvalue weighted by Crippen LogP contribution is -2.20. The molecule has 0 radical (unpaired) electrons. The molecule has 0 bridgehead atoms. The maximum atomic E-state index is 13.3. The van der Waals surface area contributed by atoms with Crippen molar-refractivity contribution >= 4 is 33.8 Å². The lowest BCUT2D eigenvalue weighted by Gasteiger charge is -2.21. The van der Waals surface area contributed by atoms with E-state index < -0.39 is 0 Å². The van der Waals surface area contributed by atoms with Gasteiger partial charge in [0, 0.05) is 23.8 Å². The number of anilines is 2. The van der Waals surface area contributed by atoms with Crippen molar-refractivity contribution in [3.8, 4) is 0 Å². The van der Waals surface area contributed by atoms with E-state index in [0.717, 1.165) is 42.5 Å². The van der Waals surface area contributed by atoms with Crippen LogP contribution in [0.5, 0.6) is 0 Å². The molecule has 0 fully saturated rings. The van der Waals surface area contributed by atoms with Crippen LogP contribution < -0.4 is 10.6 Å². The Morgan fingerprint density at radius 1 is 1.23 bits per heavy atom. The van der Waals surface area contributed by atoms with Crippen molar-refractivity contribution in [2.75, 3.05) is 10.6 Å². The number of fused-ring (bicyclic) bond motifs is 1. The molecule has 1 aliphatic carbocycles. The van der Waals surface area contributed by atoms with E-state index in [0.29, 0.717) is 22.2 Å². The van der Waals surface area contributed by atoms with E-state index in [4.69, 9.17) is 0 Å². The van der Waals surface area contributed by atoms with Crippen molar-refractivity contribution in [2.24, 2.45) is 13.0 Å². The second-order valence-corrected chi connectivity index (χ2v) is 8.95. The summed E-state index contributed by atoms with van der Waals surface area (Å²) >= 11 is 1.53. The summed E-state index contributed by atoms with van der Waals surface area (Å²) in [6.07, 6.45) is 5.61. The van der Waals surface area contributed by atoms with Gasteiger partial charge in [-0.15, -0.1) is 11.3 Å². The minimum Gasteiger partial charge on any atom is -0.322 e. The van der Waals surface area contributed by atoms with Crippen molar-refractivity contribution in [3.05, 3.63) is 63.8 Å². The molecule has 1 aliphatic rings. The zero-order valence-corrected chi connectivity index (χ0v) is 18.3. The summed E-state index contributed by atoms with van der Waals surface area (Å²) in [5, 5.41) is 10.7. The highest BCUT2D eigenvalue weighted by Gasteiger charge is 2.29. The lowest BCUT2D eigenvalue weighted by atomic mass is 9.85. The predicted molar refractivity (Wildman–Crippen MR) is 120 cm³/mol. The average Bonchev–Trinajstić information content (AvgIpc) is 3.30. The SMILES string of the molecule is CCC1CCc2c(sc(NC(=O)c3ccnn3C)c2C(=O)Nc2cccc(C)c2)C1. The molecule has 0 aliphatic heterocycles. The Balaban J connectivity index is 1.68. The number of nitrogens with one attached hydrogen (secondary N) is 2. The first-order valence-corrected chi connectivity index (χ1v) is 11.1. The molecule has 1 atom stereocenters. The van der Waals surface area contributed by atoms with Crippen LogP contribution in [0.25, 0.3) is 0 Å². The van der Waals surface area contributed by atoms with Crippen LogP contribution >= 0.6 is 11.3 Å². The van der Waals surface area contributed by atoms with E-state index in [1.165, 1.54) is 20.9 Å². The zero-order chi connectivity index (χ0) is 21.3. The maximum Gasteiger partial charge on any atom is 0.274 e. The summed E-state index contributed by atoms with van der Waals surface area (Å²) in [7, 11) is 1.73. The number of amides is 2. The van der Waals surface area contributed by atoms with Crippen molar-refractivity contribution in [1.29, 1.82) is 0 Å². The second kappa shape index (κ2) is 8.44. The van der Waals surface area contributed by atoms with Crippen LogP contribution in [0.1, 0.15) is 56.6 Å². The summed E-state index contributed by atoms with van der Waals surface area (Å²) in [6.45, 7) is 4.20. The molecule has 2 amide bonds. The van der Waals surface area contributed by atoms with E-state index in [2.05, 4.69) is 22.7 Å². The predicted octanol–water partition coefficient (Wildman–Crippen LogP) is 4.81. The fraction of sp³-hybridized carbons (Fsp3) is 0.348. The molecule has 2 N–H and O–H groups in total. The standard InChI is InChI=1S/C23H26N4O2S/c1-4-15-8-9-17-19(13-15)30-23(26-21(28)18-10-11-24-27(18)3)20(17)22(29)25-16-7-5-6-14(2)12-16/h5-7,10-12,15H,4,8-9,13H2,1-3H3,(H,25,29)(H,26,28). The third kappa shape index (κ3) is 4.03. The Labute approximate surface area is 180 Å². The quantitative estimate of drug-likeness (QED) is 0.620. The van der Waals surface area contributed by atoms with E-state index >= 15 is 0 Å². The summed E-state index contributed by atoms with van der Waals surface area (Å²) in [4.78, 5) is 27.3. The van der Waals surface area contributed by atoms with E-state index in [9.17, 15) is 9.59 Å². The number of carbonyl (C=O) groups is 2. The molecule has 1 aromatic carbocycles. The topological polar surface area (TPSA) is 76.0 Å². The van der Waals surface area contributed by atoms with Crippen LogP contribution in [-0.2, 0) is 19.9 Å². The van der Waals surface area contributed by atoms with Gasteiger partial charge in [0.25, 0.3) is 11.8 Å². The Morgan fingerprint density at radius 3 is 2.77 bits per heavy atom. The largest absolute Gasteiger partial charge is 0.322 e. The average molecular weight is 423 g/mol. The molecule has 3 aromatic rings. The first-order chi connectivity index (χ1) is 14.5. The fourth-order valence-corrected chi connectivity index (χ4v) is 5.37. The zero-order valence-electron chi connectivity index (χ0n) is 17.5. The first kappa shape index (κ1) is 20.3. The first-order valence-electron chi connectivity index (χ1n) is 10.3. The normalized spacial score (nSPS) is 15.5. The maximum absolute atomic E-state index is 13.3. The number of benzene rings is 1. The van der Waals surface area contributed by atoms with Gasteiger partial charge in [-0.3, -0.25) is 14.3 Å². The molecule has 7 heteroatoms. The summed E-state index contributed by atoms with van der Waals surface area (Å²) in [5.41, 5.74) is 3.97. The molecule has 0 saturated carbocycles. The molecule has 0 spiro atoms. The van der Waals surface area contributed by atoms with Gasteiger partial charge in [-0.1, -0.05) is 25.5 Å². The highest BCUT2D eigenvalue weighted by atomic mass is 32.1. The number of rotatable bonds is 5. The van der Waals surface area contributed by atoms with Crippen LogP contribution in [0.4, 0.5) is 10.7 Å². The highest BCUT2D eigenvalue weighted by Crippen LogP contribution is 2.41. The summed E-state index contributed by atoms with van der Waals surface area (Å²) in [5.74, 6) is 0.197. The molecule has 4 rings (SSSR count). The number of aryl methyl sites for hydroxylation is 2. The monoisotopic (exact) mass is 422 g/mol. The van der Waals surface area contributed by atoms with Gasteiger partial charge < -0.3 is 10.6 Å². The number of hydrogen-bond donors (Lipinski definition) is 2. The third-order valence-electron chi connectivity index (χ3n) is 5.73. The van der Waals surface area contributed by atoms with Gasteiger partial charge >= 0.3 is 0 Å². The molecule has 6 nitrogen and oxygen atoms in total. The minimum absolute atomic E-state index is 0.173. The Kier molecular flexibility index (Phi) is 5.72. The second-order valence-electron chi connectivity index (χ2n) is 7.84. The number of thiophene rings is 1. The van der Waals surface area contributed by atoms with Crippen LogP contribution in [0.15, 0.2) is 36.5 Å². The van der Waals surface area contributed by atoms with Gasteiger partial charge in [-0.05, 0) is 61.4 Å². The molecule has 156 valence electrons. The molecule has 30 heavy (non-hydrogen) atoms. The van der Waals surface area contributed by atoms with Crippen molar-refractivity contribution in [1.82, 2.24) is 9.78 Å². The van der Waals surface area contributed by atoms with Gasteiger partial charge in [-0.2, -0.15) is 5.10 Å². The minimum atomic E-state index is -0.259.